The fourth-order valence-corrected chi connectivity index (χ4v) is 2.72. The van der Waals surface area contributed by atoms with Crippen molar-refractivity contribution in [1.29, 1.82) is 0 Å². The van der Waals surface area contributed by atoms with E-state index in [1.54, 1.807) is 19.1 Å². The lowest BCUT2D eigenvalue weighted by molar-refractivity contribution is -0.384. The average molecular weight is 312 g/mol. The van der Waals surface area contributed by atoms with Crippen LogP contribution < -0.4 is 0 Å². The summed E-state index contributed by atoms with van der Waals surface area (Å²) in [6.07, 6.45) is 0. The van der Waals surface area contributed by atoms with Crippen molar-refractivity contribution in [2.45, 2.75) is 12.3 Å². The Morgan fingerprint density at radius 3 is 2.33 bits per heavy atom. The molecule has 0 saturated carbocycles. The average Bonchev–Trinajstić information content (AvgIpc) is 2.47. The van der Waals surface area contributed by atoms with Crippen LogP contribution in [0.5, 0.6) is 0 Å². The van der Waals surface area contributed by atoms with Gasteiger partial charge in [0, 0.05) is 51.8 Å². The molecule has 1 aliphatic heterocycles. The van der Waals surface area contributed by atoms with Crippen LogP contribution in [0.3, 0.4) is 0 Å². The number of hydrogen-bond donors (Lipinski definition) is 0. The van der Waals surface area contributed by atoms with Gasteiger partial charge in [-0.2, -0.15) is 0 Å². The van der Waals surface area contributed by atoms with E-state index >= 15 is 0 Å². The highest BCUT2D eigenvalue weighted by atomic mass is 35.5. The molecule has 0 bridgehead atoms. The molecule has 1 aromatic carbocycles. The van der Waals surface area contributed by atoms with E-state index < -0.39 is 4.92 Å². The van der Waals surface area contributed by atoms with Gasteiger partial charge in [-0.25, -0.2) is 0 Å². The molecule has 0 N–H and O–H groups in total. The van der Waals surface area contributed by atoms with Gasteiger partial charge in [0.2, 0.25) is 5.91 Å². The molecule has 1 unspecified atom stereocenters. The molecule has 7 heteroatoms. The number of rotatable bonds is 4. The van der Waals surface area contributed by atoms with Gasteiger partial charge >= 0.3 is 0 Å². The van der Waals surface area contributed by atoms with Crippen molar-refractivity contribution in [1.82, 2.24) is 9.80 Å². The normalized spacial score (nSPS) is 17.5. The van der Waals surface area contributed by atoms with Crippen molar-refractivity contribution < 1.29 is 9.72 Å². The van der Waals surface area contributed by atoms with Crippen molar-refractivity contribution in [2.24, 2.45) is 0 Å². The zero-order chi connectivity index (χ0) is 15.4. The number of non-ortho nitro benzene ring substituents is 1. The van der Waals surface area contributed by atoms with Crippen molar-refractivity contribution in [2.75, 3.05) is 32.7 Å². The van der Waals surface area contributed by atoms with Crippen LogP contribution in [0, 0.1) is 10.1 Å². The highest BCUT2D eigenvalue weighted by Gasteiger charge is 2.21. The first-order valence-electron chi connectivity index (χ1n) is 6.83. The van der Waals surface area contributed by atoms with Gasteiger partial charge in [-0.15, -0.1) is 11.6 Å². The molecule has 1 saturated heterocycles. The highest BCUT2D eigenvalue weighted by Crippen LogP contribution is 2.24. The Morgan fingerprint density at radius 2 is 1.86 bits per heavy atom. The Kier molecular flexibility index (Phi) is 5.14. The zero-order valence-corrected chi connectivity index (χ0v) is 12.6. The number of amides is 1. The number of halogens is 1. The van der Waals surface area contributed by atoms with E-state index in [-0.39, 0.29) is 17.0 Å². The molecular formula is C14H18ClN3O3. The van der Waals surface area contributed by atoms with Gasteiger partial charge in [-0.1, -0.05) is 12.1 Å². The number of benzene rings is 1. The molecule has 1 atom stereocenters. The zero-order valence-electron chi connectivity index (χ0n) is 11.9. The second-order valence-electron chi connectivity index (χ2n) is 5.12. The topological polar surface area (TPSA) is 66.7 Å². The second kappa shape index (κ2) is 6.87. The largest absolute Gasteiger partial charge is 0.340 e. The van der Waals surface area contributed by atoms with Crippen LogP contribution >= 0.6 is 11.6 Å². The Morgan fingerprint density at radius 1 is 1.29 bits per heavy atom. The number of nitro benzene ring substituents is 1. The predicted molar refractivity (Wildman–Crippen MR) is 80.4 cm³/mol. The molecule has 0 radical (unpaired) electrons. The van der Waals surface area contributed by atoms with E-state index in [1.807, 2.05) is 4.90 Å². The van der Waals surface area contributed by atoms with E-state index in [1.165, 1.54) is 12.1 Å². The molecule has 1 aromatic rings. The maximum atomic E-state index is 11.3. The Bertz CT molecular complexity index is 513. The number of alkyl halides is 1. The summed E-state index contributed by atoms with van der Waals surface area (Å²) in [7, 11) is 0. The number of carbonyl (C=O) groups is 1. The van der Waals surface area contributed by atoms with Gasteiger partial charge in [0.15, 0.2) is 0 Å². The van der Waals surface area contributed by atoms with Gasteiger partial charge in [-0.05, 0) is 5.56 Å². The van der Waals surface area contributed by atoms with Crippen LogP contribution in [0.1, 0.15) is 17.9 Å². The fraction of sp³-hybridized carbons (Fsp3) is 0.500. The Balaban J connectivity index is 1.88. The fourth-order valence-electron chi connectivity index (χ4n) is 2.38. The van der Waals surface area contributed by atoms with Crippen molar-refractivity contribution in [3.8, 4) is 0 Å². The van der Waals surface area contributed by atoms with Crippen molar-refractivity contribution >= 4 is 23.2 Å². The SMILES string of the molecule is CC(=O)N1CCN(CC(Cl)c2ccc([N+](=O)[O-])cc2)CC1. The van der Waals surface area contributed by atoms with E-state index in [9.17, 15) is 14.9 Å². The standard InChI is InChI=1S/C14H18ClN3O3/c1-11(19)17-8-6-16(7-9-17)10-14(15)12-2-4-13(5-3-12)18(20)21/h2-5,14H,6-10H2,1H3. The third-order valence-electron chi connectivity index (χ3n) is 3.70. The minimum absolute atomic E-state index is 0.0673. The number of piperazine rings is 1. The first kappa shape index (κ1) is 15.7. The molecule has 1 aliphatic rings. The van der Waals surface area contributed by atoms with E-state index in [0.717, 1.165) is 31.7 Å². The van der Waals surface area contributed by atoms with Crippen LogP contribution in [-0.4, -0.2) is 53.4 Å². The van der Waals surface area contributed by atoms with Crippen LogP contribution in [0.15, 0.2) is 24.3 Å². The molecule has 1 heterocycles. The minimum atomic E-state index is -0.423. The van der Waals surface area contributed by atoms with Gasteiger partial charge in [-0.3, -0.25) is 19.8 Å². The maximum Gasteiger partial charge on any atom is 0.269 e. The number of nitrogens with zero attached hydrogens (tertiary/aromatic N) is 3. The highest BCUT2D eigenvalue weighted by molar-refractivity contribution is 6.21. The monoisotopic (exact) mass is 311 g/mol. The lowest BCUT2D eigenvalue weighted by Crippen LogP contribution is -2.48. The molecule has 114 valence electrons. The van der Waals surface area contributed by atoms with E-state index in [0.29, 0.717) is 6.54 Å². The Labute approximate surface area is 128 Å². The summed E-state index contributed by atoms with van der Waals surface area (Å²) in [5, 5.41) is 10.4. The molecule has 2 rings (SSSR count). The van der Waals surface area contributed by atoms with Gasteiger partial charge in [0.25, 0.3) is 5.69 Å². The molecule has 0 spiro atoms. The van der Waals surface area contributed by atoms with Crippen molar-refractivity contribution in [3.63, 3.8) is 0 Å². The minimum Gasteiger partial charge on any atom is -0.340 e. The number of hydrogen-bond acceptors (Lipinski definition) is 4. The second-order valence-corrected chi connectivity index (χ2v) is 5.65. The van der Waals surface area contributed by atoms with Crippen molar-refractivity contribution in [3.05, 3.63) is 39.9 Å². The molecular weight excluding hydrogens is 294 g/mol. The summed E-state index contributed by atoms with van der Waals surface area (Å²) in [5.74, 6) is 0.104. The maximum absolute atomic E-state index is 11.3. The molecule has 0 aliphatic carbocycles. The smallest absolute Gasteiger partial charge is 0.269 e. The first-order chi connectivity index (χ1) is 9.97. The summed E-state index contributed by atoms with van der Waals surface area (Å²) >= 11 is 6.38. The molecule has 1 amide bonds. The number of nitro groups is 1. The molecule has 21 heavy (non-hydrogen) atoms. The van der Waals surface area contributed by atoms with E-state index in [2.05, 4.69) is 4.90 Å². The van der Waals surface area contributed by atoms with Crippen LogP contribution in [-0.2, 0) is 4.79 Å². The Hall–Kier alpha value is -1.66. The van der Waals surface area contributed by atoms with Gasteiger partial charge in [0.1, 0.15) is 0 Å². The van der Waals surface area contributed by atoms with Crippen LogP contribution in [0.25, 0.3) is 0 Å². The summed E-state index contributed by atoms with van der Waals surface area (Å²) in [4.78, 5) is 25.5. The predicted octanol–water partition coefficient (Wildman–Crippen LogP) is 2.04. The molecule has 6 nitrogen and oxygen atoms in total. The van der Waals surface area contributed by atoms with Gasteiger partial charge < -0.3 is 4.90 Å². The summed E-state index contributed by atoms with van der Waals surface area (Å²) in [6, 6.07) is 6.33. The molecule has 1 fully saturated rings. The lowest BCUT2D eigenvalue weighted by atomic mass is 10.1. The van der Waals surface area contributed by atoms with Crippen LogP contribution in [0.4, 0.5) is 5.69 Å². The third-order valence-corrected chi connectivity index (χ3v) is 4.09. The summed E-state index contributed by atoms with van der Waals surface area (Å²) < 4.78 is 0. The molecule has 0 aromatic heterocycles. The lowest BCUT2D eigenvalue weighted by Gasteiger charge is -2.35. The van der Waals surface area contributed by atoms with Crippen LogP contribution in [0.2, 0.25) is 0 Å². The summed E-state index contributed by atoms with van der Waals surface area (Å²) in [5.41, 5.74) is 0.939. The summed E-state index contributed by atoms with van der Waals surface area (Å²) in [6.45, 7) is 5.30. The van der Waals surface area contributed by atoms with E-state index in [4.69, 9.17) is 11.6 Å². The quantitative estimate of drug-likeness (QED) is 0.485. The third kappa shape index (κ3) is 4.15. The first-order valence-corrected chi connectivity index (χ1v) is 7.27. The van der Waals surface area contributed by atoms with Gasteiger partial charge in [0.05, 0.1) is 10.3 Å². The number of carbonyl (C=O) groups excluding carboxylic acids is 1.